The number of benzene rings is 1. The molecule has 2 atom stereocenters. The number of nitrogens with zero attached hydrogens (tertiary/aromatic N) is 3. The smallest absolute Gasteiger partial charge is 0.255 e. The zero-order valence-electron chi connectivity index (χ0n) is 15.8. The maximum atomic E-state index is 13.4. The summed E-state index contributed by atoms with van der Waals surface area (Å²) < 4.78 is 1.91. The summed E-state index contributed by atoms with van der Waals surface area (Å²) >= 11 is 0. The molecule has 3 aromatic rings. The second-order valence-electron chi connectivity index (χ2n) is 8.21. The molecule has 2 unspecified atom stereocenters. The molecular formula is C23H25N3O. The lowest BCUT2D eigenvalue weighted by Gasteiger charge is -2.27. The Balaban J connectivity index is 1.58. The van der Waals surface area contributed by atoms with Crippen molar-refractivity contribution in [1.29, 1.82) is 0 Å². The van der Waals surface area contributed by atoms with Gasteiger partial charge in [0.05, 0.1) is 17.8 Å². The Morgan fingerprint density at radius 1 is 1.11 bits per heavy atom. The van der Waals surface area contributed by atoms with Gasteiger partial charge in [-0.05, 0) is 67.3 Å². The number of fused-ring (bicyclic) bond motifs is 3. The van der Waals surface area contributed by atoms with Crippen LogP contribution in [0.25, 0.3) is 10.9 Å². The molecule has 4 heteroatoms. The zero-order chi connectivity index (χ0) is 18.4. The fourth-order valence-electron chi connectivity index (χ4n) is 4.90. The summed E-state index contributed by atoms with van der Waals surface area (Å²) in [7, 11) is 0. The molecule has 2 aromatic heterocycles. The number of likely N-dealkylation sites (tertiary alicyclic amines) is 1. The lowest BCUT2D eigenvalue weighted by Crippen LogP contribution is -2.35. The standard InChI is InChI=1S/C23H25N3O/c1-16-5-7-18-12-19(14-25-13-17-6-8-21(25)11-17)23(27)26(22(18)10-16)15-20-4-2-3-9-24-20/h2-5,7,9-10,12,17,21H,6,8,11,13-15H2,1H3. The average molecular weight is 359 g/mol. The molecule has 2 fully saturated rings. The average Bonchev–Trinajstić information content (AvgIpc) is 3.29. The lowest BCUT2D eigenvalue weighted by atomic mass is 10.1. The van der Waals surface area contributed by atoms with Gasteiger partial charge in [0, 0.05) is 30.9 Å². The van der Waals surface area contributed by atoms with Gasteiger partial charge in [-0.15, -0.1) is 0 Å². The van der Waals surface area contributed by atoms with Gasteiger partial charge >= 0.3 is 0 Å². The highest BCUT2D eigenvalue weighted by Gasteiger charge is 2.37. The van der Waals surface area contributed by atoms with Gasteiger partial charge in [-0.25, -0.2) is 0 Å². The molecule has 0 N–H and O–H groups in total. The number of pyridine rings is 2. The Hall–Kier alpha value is -2.46. The molecule has 2 aliphatic rings. The molecule has 4 nitrogen and oxygen atoms in total. The number of piperidine rings is 1. The van der Waals surface area contributed by atoms with Crippen LogP contribution < -0.4 is 5.56 Å². The van der Waals surface area contributed by atoms with Crippen molar-refractivity contribution in [2.75, 3.05) is 6.54 Å². The quantitative estimate of drug-likeness (QED) is 0.712. The topological polar surface area (TPSA) is 38.1 Å². The van der Waals surface area contributed by atoms with E-state index in [4.69, 9.17) is 0 Å². The molecule has 0 spiro atoms. The molecule has 1 aromatic carbocycles. The van der Waals surface area contributed by atoms with Crippen LogP contribution in [0.1, 0.15) is 36.1 Å². The van der Waals surface area contributed by atoms with Crippen molar-refractivity contribution < 1.29 is 0 Å². The number of aryl methyl sites for hydroxylation is 1. The van der Waals surface area contributed by atoms with Gasteiger partial charge in [0.2, 0.25) is 0 Å². The van der Waals surface area contributed by atoms with E-state index >= 15 is 0 Å². The fourth-order valence-corrected chi connectivity index (χ4v) is 4.90. The van der Waals surface area contributed by atoms with Crippen LogP contribution in [0.4, 0.5) is 0 Å². The molecule has 1 saturated heterocycles. The van der Waals surface area contributed by atoms with Crippen LogP contribution in [0.5, 0.6) is 0 Å². The van der Waals surface area contributed by atoms with Crippen molar-refractivity contribution in [3.05, 3.63) is 75.8 Å². The van der Waals surface area contributed by atoms with Gasteiger partial charge in [-0.3, -0.25) is 14.7 Å². The van der Waals surface area contributed by atoms with E-state index in [0.717, 1.165) is 41.2 Å². The van der Waals surface area contributed by atoms with Gasteiger partial charge in [-0.1, -0.05) is 18.2 Å². The van der Waals surface area contributed by atoms with Gasteiger partial charge in [0.25, 0.3) is 5.56 Å². The lowest BCUT2D eigenvalue weighted by molar-refractivity contribution is 0.204. The molecule has 138 valence electrons. The monoisotopic (exact) mass is 359 g/mol. The first-order chi connectivity index (χ1) is 13.2. The Labute approximate surface area is 159 Å². The maximum absolute atomic E-state index is 13.4. The molecule has 5 rings (SSSR count). The van der Waals surface area contributed by atoms with E-state index < -0.39 is 0 Å². The van der Waals surface area contributed by atoms with E-state index in [1.54, 1.807) is 6.20 Å². The fraction of sp³-hybridized carbons (Fsp3) is 0.391. The van der Waals surface area contributed by atoms with Crippen LogP contribution in [0, 0.1) is 12.8 Å². The second-order valence-corrected chi connectivity index (χ2v) is 8.21. The van der Waals surface area contributed by atoms with Gasteiger partial charge in [0.1, 0.15) is 0 Å². The van der Waals surface area contributed by atoms with E-state index in [-0.39, 0.29) is 5.56 Å². The van der Waals surface area contributed by atoms with Crippen molar-refractivity contribution >= 4 is 10.9 Å². The van der Waals surface area contributed by atoms with E-state index in [1.807, 2.05) is 22.8 Å². The highest BCUT2D eigenvalue weighted by molar-refractivity contribution is 5.80. The van der Waals surface area contributed by atoms with E-state index in [9.17, 15) is 4.79 Å². The Morgan fingerprint density at radius 2 is 2.04 bits per heavy atom. The predicted molar refractivity (Wildman–Crippen MR) is 108 cm³/mol. The molecule has 1 saturated carbocycles. The largest absolute Gasteiger partial charge is 0.302 e. The summed E-state index contributed by atoms with van der Waals surface area (Å²) in [6.07, 6.45) is 5.76. The van der Waals surface area contributed by atoms with Crippen molar-refractivity contribution in [3.8, 4) is 0 Å². The molecule has 0 amide bonds. The first-order valence-corrected chi connectivity index (χ1v) is 9.94. The molecule has 1 aliphatic carbocycles. The van der Waals surface area contributed by atoms with Crippen molar-refractivity contribution in [2.45, 2.75) is 45.3 Å². The summed E-state index contributed by atoms with van der Waals surface area (Å²) in [5.74, 6) is 0.842. The van der Waals surface area contributed by atoms with Crippen LogP contribution >= 0.6 is 0 Å². The van der Waals surface area contributed by atoms with Crippen LogP contribution in [-0.2, 0) is 13.1 Å². The summed E-state index contributed by atoms with van der Waals surface area (Å²) in [5.41, 5.74) is 4.12. The molecule has 0 radical (unpaired) electrons. The summed E-state index contributed by atoms with van der Waals surface area (Å²) in [6.45, 7) is 4.51. The van der Waals surface area contributed by atoms with Gasteiger partial charge in [-0.2, -0.15) is 0 Å². The number of hydrogen-bond acceptors (Lipinski definition) is 3. The van der Waals surface area contributed by atoms with Crippen molar-refractivity contribution in [1.82, 2.24) is 14.5 Å². The molecule has 1 aliphatic heterocycles. The Bertz CT molecular complexity index is 1040. The first-order valence-electron chi connectivity index (χ1n) is 9.94. The Kier molecular flexibility index (Phi) is 4.09. The van der Waals surface area contributed by atoms with Gasteiger partial charge in [0.15, 0.2) is 0 Å². The highest BCUT2D eigenvalue weighted by atomic mass is 16.1. The molecule has 3 heterocycles. The van der Waals surface area contributed by atoms with E-state index in [2.05, 4.69) is 41.1 Å². The van der Waals surface area contributed by atoms with Crippen LogP contribution in [-0.4, -0.2) is 27.0 Å². The van der Waals surface area contributed by atoms with Gasteiger partial charge < -0.3 is 4.57 Å². The summed E-state index contributed by atoms with van der Waals surface area (Å²) in [4.78, 5) is 20.4. The minimum atomic E-state index is 0.126. The maximum Gasteiger partial charge on any atom is 0.255 e. The third kappa shape index (κ3) is 3.08. The van der Waals surface area contributed by atoms with Crippen molar-refractivity contribution in [2.24, 2.45) is 5.92 Å². The van der Waals surface area contributed by atoms with Crippen molar-refractivity contribution in [3.63, 3.8) is 0 Å². The van der Waals surface area contributed by atoms with E-state index in [1.165, 1.54) is 24.8 Å². The molecular weight excluding hydrogens is 334 g/mol. The second kappa shape index (κ2) is 6.61. The number of aromatic nitrogens is 2. The number of rotatable bonds is 4. The minimum Gasteiger partial charge on any atom is -0.302 e. The molecule has 2 bridgehead atoms. The van der Waals surface area contributed by atoms with E-state index in [0.29, 0.717) is 12.6 Å². The third-order valence-electron chi connectivity index (χ3n) is 6.27. The first kappa shape index (κ1) is 16.7. The zero-order valence-corrected chi connectivity index (χ0v) is 15.8. The normalized spacial score (nSPS) is 22.0. The molecule has 27 heavy (non-hydrogen) atoms. The number of hydrogen-bond donors (Lipinski definition) is 0. The summed E-state index contributed by atoms with van der Waals surface area (Å²) in [6, 6.07) is 15.0. The van der Waals surface area contributed by atoms with Crippen LogP contribution in [0.3, 0.4) is 0 Å². The van der Waals surface area contributed by atoms with Crippen LogP contribution in [0.2, 0.25) is 0 Å². The highest BCUT2D eigenvalue weighted by Crippen LogP contribution is 2.38. The third-order valence-corrected chi connectivity index (χ3v) is 6.27. The summed E-state index contributed by atoms with van der Waals surface area (Å²) in [5, 5.41) is 1.13. The predicted octanol–water partition coefficient (Wildman–Crippen LogP) is 3.74. The van der Waals surface area contributed by atoms with Crippen LogP contribution in [0.15, 0.2) is 53.5 Å². The SMILES string of the molecule is Cc1ccc2cc(CN3CC4CCC3C4)c(=O)n(Cc3ccccn3)c2c1. The minimum absolute atomic E-state index is 0.126. The Morgan fingerprint density at radius 3 is 2.78 bits per heavy atom.